The maximum absolute atomic E-state index is 11.0. The molecule has 5 nitrogen and oxygen atoms in total. The van der Waals surface area contributed by atoms with E-state index in [1.807, 2.05) is 6.07 Å². The largest absolute Gasteiger partial charge is 0.506 e. The molecule has 0 aliphatic rings. The number of phenolic OH excluding ortho intramolecular Hbond substituents is 1. The molecule has 2 aromatic rings. The third kappa shape index (κ3) is 3.19. The normalized spacial score (nSPS) is 11.9. The minimum atomic E-state index is -0.490. The minimum absolute atomic E-state index is 0.0278. The second kappa shape index (κ2) is 5.79. The SMILES string of the molecule is C[C@H](Nc1cncc(-c2ccc(O)c(Cl)c2)c1)C(N)=O. The van der Waals surface area contributed by atoms with Gasteiger partial charge in [0, 0.05) is 18.0 Å². The van der Waals surface area contributed by atoms with E-state index in [4.69, 9.17) is 17.3 Å². The van der Waals surface area contributed by atoms with Crippen molar-refractivity contribution in [3.63, 3.8) is 0 Å². The molecule has 4 N–H and O–H groups in total. The molecular weight excluding hydrogens is 278 g/mol. The average Bonchev–Trinajstić information content (AvgIpc) is 2.42. The molecule has 1 atom stereocenters. The smallest absolute Gasteiger partial charge is 0.239 e. The maximum atomic E-state index is 11.0. The van der Waals surface area contributed by atoms with E-state index >= 15 is 0 Å². The van der Waals surface area contributed by atoms with Gasteiger partial charge in [-0.2, -0.15) is 0 Å². The van der Waals surface area contributed by atoms with Crippen LogP contribution in [-0.2, 0) is 4.79 Å². The summed E-state index contributed by atoms with van der Waals surface area (Å²) in [7, 11) is 0. The van der Waals surface area contributed by atoms with Crippen LogP contribution in [0, 0.1) is 0 Å². The van der Waals surface area contributed by atoms with Gasteiger partial charge in [0.1, 0.15) is 11.8 Å². The molecule has 20 heavy (non-hydrogen) atoms. The summed E-state index contributed by atoms with van der Waals surface area (Å²) in [6.07, 6.45) is 3.27. The number of carbonyl (C=O) groups is 1. The first-order chi connectivity index (χ1) is 9.47. The summed E-state index contributed by atoms with van der Waals surface area (Å²) in [6, 6.07) is 6.24. The molecular formula is C14H14ClN3O2. The zero-order chi connectivity index (χ0) is 14.7. The maximum Gasteiger partial charge on any atom is 0.239 e. The van der Waals surface area contributed by atoms with E-state index in [0.29, 0.717) is 5.69 Å². The van der Waals surface area contributed by atoms with E-state index in [1.165, 1.54) is 6.07 Å². The molecule has 1 heterocycles. The average molecular weight is 292 g/mol. The Hall–Kier alpha value is -2.27. The van der Waals surface area contributed by atoms with Crippen LogP contribution in [0.3, 0.4) is 0 Å². The van der Waals surface area contributed by atoms with Crippen LogP contribution in [0.15, 0.2) is 36.7 Å². The number of hydrogen-bond acceptors (Lipinski definition) is 4. The standard InChI is InChI=1S/C14H14ClN3O2/c1-8(14(16)20)18-11-4-10(6-17-7-11)9-2-3-13(19)12(15)5-9/h2-8,18-19H,1H3,(H2,16,20)/t8-/m0/s1. The van der Waals surface area contributed by atoms with E-state index in [-0.39, 0.29) is 10.8 Å². The molecule has 0 radical (unpaired) electrons. The molecule has 0 saturated heterocycles. The van der Waals surface area contributed by atoms with Crippen molar-refractivity contribution < 1.29 is 9.90 Å². The number of nitrogens with two attached hydrogens (primary N) is 1. The van der Waals surface area contributed by atoms with Gasteiger partial charge in [0.2, 0.25) is 5.91 Å². The van der Waals surface area contributed by atoms with Gasteiger partial charge in [-0.3, -0.25) is 9.78 Å². The summed E-state index contributed by atoms with van der Waals surface area (Å²) in [6.45, 7) is 1.67. The number of benzene rings is 1. The molecule has 0 aliphatic carbocycles. The van der Waals surface area contributed by atoms with Crippen molar-refractivity contribution in [1.82, 2.24) is 4.98 Å². The number of halogens is 1. The fourth-order valence-electron chi connectivity index (χ4n) is 1.68. The number of pyridine rings is 1. The number of amides is 1. The number of phenols is 1. The Morgan fingerprint density at radius 1 is 1.35 bits per heavy atom. The van der Waals surface area contributed by atoms with Crippen LogP contribution in [0.1, 0.15) is 6.92 Å². The van der Waals surface area contributed by atoms with E-state index in [9.17, 15) is 9.90 Å². The van der Waals surface area contributed by atoms with E-state index < -0.39 is 11.9 Å². The van der Waals surface area contributed by atoms with Crippen LogP contribution < -0.4 is 11.1 Å². The first-order valence-electron chi connectivity index (χ1n) is 5.97. The van der Waals surface area contributed by atoms with Crippen molar-refractivity contribution in [2.45, 2.75) is 13.0 Å². The first-order valence-corrected chi connectivity index (χ1v) is 6.35. The number of hydrogen-bond donors (Lipinski definition) is 3. The van der Waals surface area contributed by atoms with Crippen LogP contribution in [0.25, 0.3) is 11.1 Å². The molecule has 104 valence electrons. The lowest BCUT2D eigenvalue weighted by atomic mass is 10.1. The van der Waals surface area contributed by atoms with Crippen molar-refractivity contribution in [2.24, 2.45) is 5.73 Å². The Kier molecular flexibility index (Phi) is 4.10. The summed E-state index contributed by atoms with van der Waals surface area (Å²) in [5.74, 6) is -0.414. The lowest BCUT2D eigenvalue weighted by Gasteiger charge is -2.12. The van der Waals surface area contributed by atoms with Crippen LogP contribution in [-0.4, -0.2) is 22.0 Å². The monoisotopic (exact) mass is 291 g/mol. The summed E-state index contributed by atoms with van der Waals surface area (Å²) in [5.41, 5.74) is 7.51. The Bertz CT molecular complexity index is 646. The van der Waals surface area contributed by atoms with E-state index in [0.717, 1.165) is 11.1 Å². The summed E-state index contributed by atoms with van der Waals surface area (Å²) >= 11 is 5.88. The Labute approximate surface area is 121 Å². The van der Waals surface area contributed by atoms with Crippen LogP contribution in [0.5, 0.6) is 5.75 Å². The lowest BCUT2D eigenvalue weighted by molar-refractivity contribution is -0.118. The molecule has 1 aromatic carbocycles. The number of nitrogens with one attached hydrogen (secondary N) is 1. The fourth-order valence-corrected chi connectivity index (χ4v) is 1.86. The van der Waals surface area contributed by atoms with Crippen molar-refractivity contribution in [3.05, 3.63) is 41.7 Å². The third-order valence-corrected chi connectivity index (χ3v) is 3.13. The quantitative estimate of drug-likeness (QED) is 0.807. The van der Waals surface area contributed by atoms with Gasteiger partial charge < -0.3 is 16.2 Å². The third-order valence-electron chi connectivity index (χ3n) is 2.83. The van der Waals surface area contributed by atoms with Gasteiger partial charge in [-0.1, -0.05) is 17.7 Å². The van der Waals surface area contributed by atoms with Crippen molar-refractivity contribution in [2.75, 3.05) is 5.32 Å². The van der Waals surface area contributed by atoms with Gasteiger partial charge >= 0.3 is 0 Å². The molecule has 6 heteroatoms. The Morgan fingerprint density at radius 2 is 2.10 bits per heavy atom. The predicted octanol–water partition coefficient (Wildman–Crippen LogP) is 2.39. The van der Waals surface area contributed by atoms with Gasteiger partial charge in [-0.05, 0) is 30.7 Å². The highest BCUT2D eigenvalue weighted by molar-refractivity contribution is 6.32. The Balaban J connectivity index is 2.29. The second-order valence-electron chi connectivity index (χ2n) is 4.40. The topological polar surface area (TPSA) is 88.2 Å². The van der Waals surface area contributed by atoms with E-state index in [1.54, 1.807) is 31.5 Å². The molecule has 0 unspecified atom stereocenters. The summed E-state index contributed by atoms with van der Waals surface area (Å²) in [4.78, 5) is 15.1. The zero-order valence-corrected chi connectivity index (χ0v) is 11.6. The van der Waals surface area contributed by atoms with Gasteiger partial charge in [-0.15, -0.1) is 0 Å². The highest BCUT2D eigenvalue weighted by atomic mass is 35.5. The number of nitrogens with zero attached hydrogens (tertiary/aromatic N) is 1. The van der Waals surface area contributed by atoms with Crippen LogP contribution >= 0.6 is 11.6 Å². The van der Waals surface area contributed by atoms with Crippen LogP contribution in [0.2, 0.25) is 5.02 Å². The molecule has 0 bridgehead atoms. The molecule has 0 spiro atoms. The fraction of sp³-hybridized carbons (Fsp3) is 0.143. The van der Waals surface area contributed by atoms with E-state index in [2.05, 4.69) is 10.3 Å². The van der Waals surface area contributed by atoms with Crippen molar-refractivity contribution >= 4 is 23.2 Å². The number of aromatic nitrogens is 1. The molecule has 0 aliphatic heterocycles. The summed E-state index contributed by atoms with van der Waals surface area (Å²) < 4.78 is 0. The van der Waals surface area contributed by atoms with Gasteiger partial charge in [0.15, 0.2) is 0 Å². The van der Waals surface area contributed by atoms with Crippen molar-refractivity contribution in [1.29, 1.82) is 0 Å². The second-order valence-corrected chi connectivity index (χ2v) is 4.80. The number of anilines is 1. The molecule has 1 amide bonds. The Morgan fingerprint density at radius 3 is 2.75 bits per heavy atom. The highest BCUT2D eigenvalue weighted by Crippen LogP contribution is 2.30. The number of aromatic hydroxyl groups is 1. The van der Waals surface area contributed by atoms with Gasteiger partial charge in [0.25, 0.3) is 0 Å². The molecule has 2 rings (SSSR count). The summed E-state index contributed by atoms with van der Waals surface area (Å²) in [5, 5.41) is 12.6. The predicted molar refractivity (Wildman–Crippen MR) is 78.6 cm³/mol. The minimum Gasteiger partial charge on any atom is -0.506 e. The number of carbonyl (C=O) groups excluding carboxylic acids is 1. The van der Waals surface area contributed by atoms with Crippen molar-refractivity contribution in [3.8, 4) is 16.9 Å². The number of rotatable bonds is 4. The van der Waals surface area contributed by atoms with Gasteiger partial charge in [-0.25, -0.2) is 0 Å². The molecule has 0 fully saturated rings. The highest BCUT2D eigenvalue weighted by Gasteiger charge is 2.09. The van der Waals surface area contributed by atoms with Crippen LogP contribution in [0.4, 0.5) is 5.69 Å². The first kappa shape index (κ1) is 14.1. The zero-order valence-electron chi connectivity index (χ0n) is 10.8. The van der Waals surface area contributed by atoms with Gasteiger partial charge in [0.05, 0.1) is 10.7 Å². The lowest BCUT2D eigenvalue weighted by Crippen LogP contribution is -2.32. The molecule has 1 aromatic heterocycles. The number of primary amides is 1. The molecule has 0 saturated carbocycles.